The van der Waals surface area contributed by atoms with Crippen LogP contribution in [0.2, 0.25) is 0 Å². The van der Waals surface area contributed by atoms with Gasteiger partial charge in [0.25, 0.3) is 6.43 Å². The average molecular weight is 223 g/mol. The van der Waals surface area contributed by atoms with E-state index in [1.807, 2.05) is 6.92 Å². The molecule has 0 bridgehead atoms. The normalized spacial score (nSPS) is 26.4. The van der Waals surface area contributed by atoms with Crippen LogP contribution in [0, 0.1) is 0 Å². The van der Waals surface area contributed by atoms with Crippen LogP contribution in [0.15, 0.2) is 0 Å². The minimum atomic E-state index is -2.39. The number of likely N-dealkylation sites (N-methyl/N-ethyl adjacent to an activating group) is 1. The summed E-state index contributed by atoms with van der Waals surface area (Å²) in [4.78, 5) is 0. The topological polar surface area (TPSA) is 30.5 Å². The first-order chi connectivity index (χ1) is 7.22. The molecule has 0 saturated carbocycles. The van der Waals surface area contributed by atoms with Crippen molar-refractivity contribution in [3.05, 3.63) is 0 Å². The minimum Gasteiger partial charge on any atom is -0.373 e. The van der Waals surface area contributed by atoms with Crippen molar-refractivity contribution in [2.75, 3.05) is 26.3 Å². The summed E-state index contributed by atoms with van der Waals surface area (Å²) in [6.45, 7) is 3.59. The van der Waals surface area contributed by atoms with Crippen molar-refractivity contribution in [3.63, 3.8) is 0 Å². The summed E-state index contributed by atoms with van der Waals surface area (Å²) in [5, 5.41) is 3.20. The highest BCUT2D eigenvalue weighted by atomic mass is 19.3. The molecule has 0 aromatic rings. The first kappa shape index (κ1) is 12.8. The number of hydrogen-bond acceptors (Lipinski definition) is 3. The number of halogens is 2. The van der Waals surface area contributed by atoms with Gasteiger partial charge in [0.1, 0.15) is 6.61 Å². The molecule has 2 unspecified atom stereocenters. The van der Waals surface area contributed by atoms with Crippen LogP contribution < -0.4 is 5.32 Å². The van der Waals surface area contributed by atoms with E-state index < -0.39 is 13.0 Å². The van der Waals surface area contributed by atoms with E-state index in [2.05, 4.69) is 5.32 Å². The Bertz CT molecular complexity index is 170. The maximum absolute atomic E-state index is 11.8. The van der Waals surface area contributed by atoms with Crippen LogP contribution in [0.5, 0.6) is 0 Å². The Kier molecular flexibility index (Phi) is 6.05. The highest BCUT2D eigenvalue weighted by Crippen LogP contribution is 2.19. The van der Waals surface area contributed by atoms with E-state index >= 15 is 0 Å². The molecule has 15 heavy (non-hydrogen) atoms. The van der Waals surface area contributed by atoms with Crippen LogP contribution in [-0.2, 0) is 9.47 Å². The Hall–Kier alpha value is -0.260. The molecule has 1 aliphatic heterocycles. The van der Waals surface area contributed by atoms with Crippen molar-refractivity contribution in [1.29, 1.82) is 0 Å². The molecule has 1 fully saturated rings. The Morgan fingerprint density at radius 1 is 1.40 bits per heavy atom. The smallest absolute Gasteiger partial charge is 0.261 e. The fourth-order valence-electron chi connectivity index (χ4n) is 1.65. The third-order valence-corrected chi connectivity index (χ3v) is 2.37. The van der Waals surface area contributed by atoms with Gasteiger partial charge in [0.2, 0.25) is 0 Å². The fraction of sp³-hybridized carbons (Fsp3) is 1.00. The molecule has 0 spiro atoms. The zero-order chi connectivity index (χ0) is 11.1. The average Bonchev–Trinajstić information content (AvgIpc) is 2.62. The number of alkyl halides is 2. The zero-order valence-corrected chi connectivity index (χ0v) is 9.05. The summed E-state index contributed by atoms with van der Waals surface area (Å²) in [6.07, 6.45) is -0.295. The van der Waals surface area contributed by atoms with E-state index in [1.165, 1.54) is 0 Å². The van der Waals surface area contributed by atoms with Gasteiger partial charge in [-0.15, -0.1) is 0 Å². The van der Waals surface area contributed by atoms with Crippen LogP contribution in [0.4, 0.5) is 8.78 Å². The predicted molar refractivity (Wildman–Crippen MR) is 53.3 cm³/mol. The van der Waals surface area contributed by atoms with E-state index in [4.69, 9.17) is 9.47 Å². The summed E-state index contributed by atoms with van der Waals surface area (Å²) in [6, 6.07) is 0. The SMILES string of the molecule is CCNCC1CCC(COCC(F)F)O1. The molecule has 1 saturated heterocycles. The molecular weight excluding hydrogens is 204 g/mol. The van der Waals surface area contributed by atoms with E-state index in [1.54, 1.807) is 0 Å². The van der Waals surface area contributed by atoms with Gasteiger partial charge in [-0.1, -0.05) is 6.92 Å². The van der Waals surface area contributed by atoms with Crippen LogP contribution in [0.3, 0.4) is 0 Å². The van der Waals surface area contributed by atoms with E-state index in [9.17, 15) is 8.78 Å². The summed E-state index contributed by atoms with van der Waals surface area (Å²) < 4.78 is 34.0. The Labute approximate surface area is 89.1 Å². The predicted octanol–water partition coefficient (Wildman–Crippen LogP) is 1.43. The number of hydrogen-bond donors (Lipinski definition) is 1. The first-order valence-electron chi connectivity index (χ1n) is 5.44. The Morgan fingerprint density at radius 3 is 2.80 bits per heavy atom. The lowest BCUT2D eigenvalue weighted by Crippen LogP contribution is -2.28. The van der Waals surface area contributed by atoms with Crippen molar-refractivity contribution < 1.29 is 18.3 Å². The Balaban J connectivity index is 2.03. The molecule has 90 valence electrons. The van der Waals surface area contributed by atoms with Crippen molar-refractivity contribution in [2.45, 2.75) is 38.4 Å². The molecule has 0 aromatic carbocycles. The second-order valence-electron chi connectivity index (χ2n) is 3.69. The number of rotatable bonds is 7. The number of ether oxygens (including phenoxy) is 2. The molecule has 0 amide bonds. The maximum atomic E-state index is 11.8. The molecule has 0 aromatic heterocycles. The molecule has 5 heteroatoms. The van der Waals surface area contributed by atoms with Crippen LogP contribution >= 0.6 is 0 Å². The molecule has 1 aliphatic rings. The quantitative estimate of drug-likeness (QED) is 0.708. The van der Waals surface area contributed by atoms with E-state index in [-0.39, 0.29) is 18.8 Å². The van der Waals surface area contributed by atoms with E-state index in [0.29, 0.717) is 0 Å². The second-order valence-corrected chi connectivity index (χ2v) is 3.69. The standard InChI is InChI=1S/C10H19F2NO2/c1-2-13-5-8-3-4-9(15-8)6-14-7-10(11)12/h8-10,13H,2-7H2,1H3. The largest absolute Gasteiger partial charge is 0.373 e. The van der Waals surface area contributed by atoms with Gasteiger partial charge in [-0.25, -0.2) is 8.78 Å². The number of nitrogens with one attached hydrogen (secondary N) is 1. The second kappa shape index (κ2) is 7.09. The van der Waals surface area contributed by atoms with Crippen molar-refractivity contribution in [3.8, 4) is 0 Å². The highest BCUT2D eigenvalue weighted by molar-refractivity contribution is 4.74. The summed E-state index contributed by atoms with van der Waals surface area (Å²) in [7, 11) is 0. The monoisotopic (exact) mass is 223 g/mol. The van der Waals surface area contributed by atoms with Crippen LogP contribution in [0.1, 0.15) is 19.8 Å². The van der Waals surface area contributed by atoms with Gasteiger partial charge in [-0.3, -0.25) is 0 Å². The van der Waals surface area contributed by atoms with Crippen LogP contribution in [0.25, 0.3) is 0 Å². The van der Waals surface area contributed by atoms with Gasteiger partial charge in [-0.2, -0.15) is 0 Å². The maximum Gasteiger partial charge on any atom is 0.261 e. The Morgan fingerprint density at radius 2 is 2.13 bits per heavy atom. The molecule has 2 atom stereocenters. The van der Waals surface area contributed by atoms with Gasteiger partial charge >= 0.3 is 0 Å². The summed E-state index contributed by atoms with van der Waals surface area (Å²) >= 11 is 0. The van der Waals surface area contributed by atoms with Gasteiger partial charge in [-0.05, 0) is 19.4 Å². The van der Waals surface area contributed by atoms with Gasteiger partial charge in [0, 0.05) is 6.54 Å². The first-order valence-corrected chi connectivity index (χ1v) is 5.44. The molecular formula is C10H19F2NO2. The van der Waals surface area contributed by atoms with Gasteiger partial charge in [0.05, 0.1) is 18.8 Å². The van der Waals surface area contributed by atoms with Gasteiger partial charge < -0.3 is 14.8 Å². The minimum absolute atomic E-state index is 0.00703. The molecule has 1 rings (SSSR count). The molecule has 1 heterocycles. The molecule has 1 N–H and O–H groups in total. The van der Waals surface area contributed by atoms with E-state index in [0.717, 1.165) is 25.9 Å². The molecule has 0 aliphatic carbocycles. The summed E-state index contributed by atoms with van der Waals surface area (Å²) in [5.41, 5.74) is 0. The molecule has 0 radical (unpaired) electrons. The lowest BCUT2D eigenvalue weighted by molar-refractivity contribution is -0.0433. The fourth-order valence-corrected chi connectivity index (χ4v) is 1.65. The third-order valence-electron chi connectivity index (χ3n) is 2.37. The van der Waals surface area contributed by atoms with Crippen molar-refractivity contribution >= 4 is 0 Å². The van der Waals surface area contributed by atoms with Crippen LogP contribution in [-0.4, -0.2) is 44.9 Å². The zero-order valence-electron chi connectivity index (χ0n) is 9.05. The van der Waals surface area contributed by atoms with Gasteiger partial charge in [0.15, 0.2) is 0 Å². The lowest BCUT2D eigenvalue weighted by atomic mass is 10.2. The lowest BCUT2D eigenvalue weighted by Gasteiger charge is -2.14. The third kappa shape index (κ3) is 5.39. The highest BCUT2D eigenvalue weighted by Gasteiger charge is 2.24. The summed E-state index contributed by atoms with van der Waals surface area (Å²) in [5.74, 6) is 0. The van der Waals surface area contributed by atoms with Crippen molar-refractivity contribution in [2.24, 2.45) is 0 Å². The van der Waals surface area contributed by atoms with Crippen molar-refractivity contribution in [1.82, 2.24) is 5.32 Å². The molecule has 3 nitrogen and oxygen atoms in total.